The maximum absolute atomic E-state index is 12.1. The maximum Gasteiger partial charge on any atom is 0.328 e. The number of hydrogen-bond donors (Lipinski definition) is 2. The van der Waals surface area contributed by atoms with Gasteiger partial charge in [0.1, 0.15) is 0 Å². The molecule has 0 bridgehead atoms. The van der Waals surface area contributed by atoms with Crippen LogP contribution in [0.5, 0.6) is 0 Å². The number of morpholine rings is 1. The second-order valence-corrected chi connectivity index (χ2v) is 4.52. The zero-order valence-electron chi connectivity index (χ0n) is 9.60. The molecule has 6 nitrogen and oxygen atoms in total. The Balaban J connectivity index is 2.83. The highest BCUT2D eigenvalue weighted by Crippen LogP contribution is 2.20. The zero-order valence-corrected chi connectivity index (χ0v) is 9.60. The van der Waals surface area contributed by atoms with Gasteiger partial charge in [-0.2, -0.15) is 0 Å². The van der Waals surface area contributed by atoms with E-state index in [4.69, 9.17) is 15.6 Å². The van der Waals surface area contributed by atoms with E-state index in [1.54, 1.807) is 13.8 Å². The van der Waals surface area contributed by atoms with E-state index in [0.717, 1.165) is 0 Å². The van der Waals surface area contributed by atoms with E-state index in [9.17, 15) is 9.59 Å². The number of nitrogens with two attached hydrogens (primary N) is 1. The van der Waals surface area contributed by atoms with Crippen molar-refractivity contribution in [2.75, 3.05) is 26.3 Å². The Morgan fingerprint density at radius 3 is 2.69 bits per heavy atom. The van der Waals surface area contributed by atoms with E-state index in [0.29, 0.717) is 13.2 Å². The topological polar surface area (TPSA) is 92.9 Å². The van der Waals surface area contributed by atoms with Crippen LogP contribution >= 0.6 is 0 Å². The molecule has 0 aromatic heterocycles. The van der Waals surface area contributed by atoms with E-state index < -0.39 is 17.4 Å². The molecular formula is C10H18N2O4. The minimum absolute atomic E-state index is 0.0434. The first kappa shape index (κ1) is 12.9. The molecule has 1 unspecified atom stereocenters. The Bertz CT molecular complexity index is 291. The SMILES string of the molecule is CC(C)(CN)C(=O)N1CCOCC1C(=O)O. The van der Waals surface area contributed by atoms with Crippen LogP contribution in [0.3, 0.4) is 0 Å². The van der Waals surface area contributed by atoms with Gasteiger partial charge in [-0.25, -0.2) is 4.79 Å². The molecule has 1 atom stereocenters. The summed E-state index contributed by atoms with van der Waals surface area (Å²) in [5.74, 6) is -1.27. The molecule has 3 N–H and O–H groups in total. The van der Waals surface area contributed by atoms with Gasteiger partial charge in [0.2, 0.25) is 5.91 Å². The number of carboxylic acid groups (broad SMARTS) is 1. The highest BCUT2D eigenvalue weighted by Gasteiger charge is 2.38. The predicted molar refractivity (Wildman–Crippen MR) is 56.8 cm³/mol. The standard InChI is InChI=1S/C10H18N2O4/c1-10(2,6-11)9(15)12-3-4-16-5-7(12)8(13)14/h7H,3-6,11H2,1-2H3,(H,13,14). The summed E-state index contributed by atoms with van der Waals surface area (Å²) >= 11 is 0. The van der Waals surface area contributed by atoms with Crippen molar-refractivity contribution in [3.8, 4) is 0 Å². The van der Waals surface area contributed by atoms with Crippen LogP contribution < -0.4 is 5.73 Å². The molecule has 0 radical (unpaired) electrons. The third-order valence-corrected chi connectivity index (χ3v) is 2.76. The van der Waals surface area contributed by atoms with Gasteiger partial charge < -0.3 is 20.5 Å². The number of carboxylic acids is 1. The first-order valence-electron chi connectivity index (χ1n) is 5.22. The highest BCUT2D eigenvalue weighted by molar-refractivity contribution is 5.87. The number of carbonyl (C=O) groups is 2. The Labute approximate surface area is 94.3 Å². The van der Waals surface area contributed by atoms with Crippen LogP contribution in [0, 0.1) is 5.41 Å². The molecule has 6 heteroatoms. The van der Waals surface area contributed by atoms with Crippen LogP contribution in [0.4, 0.5) is 0 Å². The monoisotopic (exact) mass is 230 g/mol. The summed E-state index contributed by atoms with van der Waals surface area (Å²) in [5, 5.41) is 8.99. The number of ether oxygens (including phenoxy) is 1. The van der Waals surface area contributed by atoms with E-state index in [-0.39, 0.29) is 19.1 Å². The third-order valence-electron chi connectivity index (χ3n) is 2.76. The van der Waals surface area contributed by atoms with E-state index >= 15 is 0 Å². The zero-order chi connectivity index (χ0) is 12.3. The summed E-state index contributed by atoms with van der Waals surface area (Å²) in [6.07, 6.45) is 0. The van der Waals surface area contributed by atoms with Crippen molar-refractivity contribution < 1.29 is 19.4 Å². The third kappa shape index (κ3) is 2.51. The number of amides is 1. The van der Waals surface area contributed by atoms with Gasteiger partial charge in [-0.3, -0.25) is 4.79 Å². The lowest BCUT2D eigenvalue weighted by atomic mass is 9.91. The molecular weight excluding hydrogens is 212 g/mol. The van der Waals surface area contributed by atoms with Crippen molar-refractivity contribution >= 4 is 11.9 Å². The largest absolute Gasteiger partial charge is 0.480 e. The van der Waals surface area contributed by atoms with Crippen molar-refractivity contribution in [2.24, 2.45) is 11.1 Å². The summed E-state index contributed by atoms with van der Waals surface area (Å²) in [6.45, 7) is 4.33. The molecule has 1 rings (SSSR count). The van der Waals surface area contributed by atoms with Crippen LogP contribution in [-0.2, 0) is 14.3 Å². The van der Waals surface area contributed by atoms with Crippen molar-refractivity contribution in [1.29, 1.82) is 0 Å². The summed E-state index contributed by atoms with van der Waals surface area (Å²) in [6, 6.07) is -0.896. The molecule has 0 aromatic carbocycles. The second kappa shape index (κ2) is 4.80. The Morgan fingerprint density at radius 1 is 1.56 bits per heavy atom. The molecule has 0 spiro atoms. The summed E-state index contributed by atoms with van der Waals surface area (Å²) in [5.41, 5.74) is 4.78. The van der Waals surface area contributed by atoms with Gasteiger partial charge in [-0.05, 0) is 13.8 Å². The number of rotatable bonds is 3. The van der Waals surface area contributed by atoms with E-state index in [1.807, 2.05) is 0 Å². The first-order valence-corrected chi connectivity index (χ1v) is 5.22. The summed E-state index contributed by atoms with van der Waals surface area (Å²) in [4.78, 5) is 24.4. The Morgan fingerprint density at radius 2 is 2.19 bits per heavy atom. The molecule has 1 amide bonds. The van der Waals surface area contributed by atoms with Crippen LogP contribution in [0.1, 0.15) is 13.8 Å². The van der Waals surface area contributed by atoms with Gasteiger partial charge in [-0.15, -0.1) is 0 Å². The number of carbonyl (C=O) groups excluding carboxylic acids is 1. The fraction of sp³-hybridized carbons (Fsp3) is 0.800. The molecule has 1 saturated heterocycles. The fourth-order valence-corrected chi connectivity index (χ4v) is 1.53. The van der Waals surface area contributed by atoms with E-state index in [1.165, 1.54) is 4.90 Å². The molecule has 0 aromatic rings. The molecule has 1 heterocycles. The molecule has 1 aliphatic rings. The van der Waals surface area contributed by atoms with Gasteiger partial charge in [0.15, 0.2) is 6.04 Å². The smallest absolute Gasteiger partial charge is 0.328 e. The number of aliphatic carboxylic acids is 1. The lowest BCUT2D eigenvalue weighted by Gasteiger charge is -2.37. The average Bonchev–Trinajstić information content (AvgIpc) is 2.28. The molecule has 0 aliphatic carbocycles. The van der Waals surface area contributed by atoms with Crippen molar-refractivity contribution in [3.05, 3.63) is 0 Å². The van der Waals surface area contributed by atoms with Crippen LogP contribution in [-0.4, -0.2) is 54.2 Å². The van der Waals surface area contributed by atoms with Crippen LogP contribution in [0.25, 0.3) is 0 Å². The molecule has 1 aliphatic heterocycles. The Hall–Kier alpha value is -1.14. The van der Waals surface area contributed by atoms with Crippen molar-refractivity contribution in [2.45, 2.75) is 19.9 Å². The first-order chi connectivity index (χ1) is 7.40. The normalized spacial score (nSPS) is 21.9. The van der Waals surface area contributed by atoms with Crippen LogP contribution in [0.2, 0.25) is 0 Å². The van der Waals surface area contributed by atoms with Gasteiger partial charge in [-0.1, -0.05) is 0 Å². The highest BCUT2D eigenvalue weighted by atomic mass is 16.5. The number of nitrogens with zero attached hydrogens (tertiary/aromatic N) is 1. The number of hydrogen-bond acceptors (Lipinski definition) is 4. The van der Waals surface area contributed by atoms with Gasteiger partial charge in [0, 0.05) is 13.1 Å². The molecule has 1 fully saturated rings. The predicted octanol–water partition coefficient (Wildman–Crippen LogP) is -0.717. The van der Waals surface area contributed by atoms with Gasteiger partial charge in [0.05, 0.1) is 18.6 Å². The lowest BCUT2D eigenvalue weighted by Crippen LogP contribution is -2.57. The average molecular weight is 230 g/mol. The van der Waals surface area contributed by atoms with E-state index in [2.05, 4.69) is 0 Å². The fourth-order valence-electron chi connectivity index (χ4n) is 1.53. The second-order valence-electron chi connectivity index (χ2n) is 4.52. The minimum atomic E-state index is -1.04. The molecule has 92 valence electrons. The molecule has 16 heavy (non-hydrogen) atoms. The summed E-state index contributed by atoms with van der Waals surface area (Å²) < 4.78 is 5.06. The van der Waals surface area contributed by atoms with Crippen LogP contribution in [0.15, 0.2) is 0 Å². The van der Waals surface area contributed by atoms with Crippen molar-refractivity contribution in [3.63, 3.8) is 0 Å². The minimum Gasteiger partial charge on any atom is -0.480 e. The Kier molecular flexibility index (Phi) is 3.88. The van der Waals surface area contributed by atoms with Crippen molar-refractivity contribution in [1.82, 2.24) is 4.90 Å². The maximum atomic E-state index is 12.1. The summed E-state index contributed by atoms with van der Waals surface area (Å²) in [7, 11) is 0. The molecule has 0 saturated carbocycles. The van der Waals surface area contributed by atoms with Gasteiger partial charge >= 0.3 is 5.97 Å². The quantitative estimate of drug-likeness (QED) is 0.667. The lowest BCUT2D eigenvalue weighted by molar-refractivity contribution is -0.162. The van der Waals surface area contributed by atoms with Gasteiger partial charge in [0.25, 0.3) is 0 Å².